The molecule has 1 amide bonds. The van der Waals surface area contributed by atoms with Gasteiger partial charge in [-0.05, 0) is 41.8 Å². The van der Waals surface area contributed by atoms with Crippen molar-refractivity contribution in [1.29, 1.82) is 0 Å². The van der Waals surface area contributed by atoms with Crippen molar-refractivity contribution in [3.8, 4) is 11.5 Å². The maximum Gasteiger partial charge on any atom is 0.254 e. The SMILES string of the molecule is O=C(c1ccc2c(c1)OCO2)N1CCc2c([nH]c3ccccc23)[C@H]1c1ccccc1. The van der Waals surface area contributed by atoms with Crippen LogP contribution in [-0.4, -0.2) is 29.1 Å². The van der Waals surface area contributed by atoms with Gasteiger partial charge in [-0.3, -0.25) is 4.79 Å². The molecule has 148 valence electrons. The quantitative estimate of drug-likeness (QED) is 0.535. The lowest BCUT2D eigenvalue weighted by Gasteiger charge is -2.36. The summed E-state index contributed by atoms with van der Waals surface area (Å²) in [5.74, 6) is 1.30. The zero-order chi connectivity index (χ0) is 20.1. The van der Waals surface area contributed by atoms with Crippen LogP contribution in [0.2, 0.25) is 0 Å². The summed E-state index contributed by atoms with van der Waals surface area (Å²) in [5.41, 5.74) is 5.22. The molecule has 1 N–H and O–H groups in total. The summed E-state index contributed by atoms with van der Waals surface area (Å²) in [7, 11) is 0. The third kappa shape index (κ3) is 2.59. The molecule has 0 radical (unpaired) electrons. The molecule has 5 heteroatoms. The molecule has 0 unspecified atom stereocenters. The summed E-state index contributed by atoms with van der Waals surface area (Å²) in [5, 5.41) is 1.24. The first-order valence-corrected chi connectivity index (χ1v) is 10.1. The molecule has 5 nitrogen and oxygen atoms in total. The van der Waals surface area contributed by atoms with Gasteiger partial charge < -0.3 is 19.4 Å². The van der Waals surface area contributed by atoms with Gasteiger partial charge in [0.05, 0.1) is 6.04 Å². The third-order valence-electron chi connectivity index (χ3n) is 6.03. The van der Waals surface area contributed by atoms with Gasteiger partial charge in [-0.25, -0.2) is 0 Å². The minimum Gasteiger partial charge on any atom is -0.454 e. The number of carbonyl (C=O) groups excluding carboxylic acids is 1. The fourth-order valence-electron chi connectivity index (χ4n) is 4.64. The maximum atomic E-state index is 13.6. The molecule has 6 rings (SSSR count). The number of rotatable bonds is 2. The molecule has 0 aliphatic carbocycles. The number of hydrogen-bond donors (Lipinski definition) is 1. The standard InChI is InChI=1S/C25H20N2O3/c28-25(17-10-11-21-22(14-17)30-15-29-21)27-13-12-19-18-8-4-5-9-20(18)26-23(19)24(27)16-6-2-1-3-7-16/h1-11,14,24,26H,12-13,15H2/t24-/m1/s1. The predicted octanol–water partition coefficient (Wildman–Crippen LogP) is 4.68. The number of para-hydroxylation sites is 1. The van der Waals surface area contributed by atoms with Crippen LogP contribution in [0, 0.1) is 0 Å². The van der Waals surface area contributed by atoms with Gasteiger partial charge in [0.2, 0.25) is 6.79 Å². The van der Waals surface area contributed by atoms with Gasteiger partial charge in [0, 0.05) is 28.7 Å². The zero-order valence-corrected chi connectivity index (χ0v) is 16.3. The van der Waals surface area contributed by atoms with Crippen LogP contribution in [0.25, 0.3) is 10.9 Å². The number of amides is 1. The van der Waals surface area contributed by atoms with Crippen LogP contribution in [0.1, 0.15) is 33.2 Å². The summed E-state index contributed by atoms with van der Waals surface area (Å²) in [6, 6.07) is 23.8. The third-order valence-corrected chi connectivity index (χ3v) is 6.03. The molecule has 1 aromatic heterocycles. The van der Waals surface area contributed by atoms with Crippen molar-refractivity contribution in [2.45, 2.75) is 12.5 Å². The van der Waals surface area contributed by atoms with Crippen LogP contribution >= 0.6 is 0 Å². The van der Waals surface area contributed by atoms with Gasteiger partial charge in [0.25, 0.3) is 5.91 Å². The number of nitrogens with one attached hydrogen (secondary N) is 1. The molecule has 1 atom stereocenters. The minimum absolute atomic E-state index is 0.00791. The topological polar surface area (TPSA) is 54.6 Å². The van der Waals surface area contributed by atoms with Crippen molar-refractivity contribution in [3.63, 3.8) is 0 Å². The molecule has 3 heterocycles. The van der Waals surface area contributed by atoms with E-state index in [-0.39, 0.29) is 18.7 Å². The van der Waals surface area contributed by atoms with E-state index in [0.717, 1.165) is 23.2 Å². The predicted molar refractivity (Wildman–Crippen MR) is 114 cm³/mol. The van der Waals surface area contributed by atoms with Crippen molar-refractivity contribution >= 4 is 16.8 Å². The highest BCUT2D eigenvalue weighted by Crippen LogP contribution is 2.40. The van der Waals surface area contributed by atoms with Gasteiger partial charge in [0.15, 0.2) is 11.5 Å². The van der Waals surface area contributed by atoms with Crippen LogP contribution in [0.15, 0.2) is 72.8 Å². The zero-order valence-electron chi connectivity index (χ0n) is 16.3. The van der Waals surface area contributed by atoms with E-state index in [9.17, 15) is 4.79 Å². The average molecular weight is 396 g/mol. The Morgan fingerprint density at radius 2 is 1.73 bits per heavy atom. The number of nitrogens with zero attached hydrogens (tertiary/aromatic N) is 1. The maximum absolute atomic E-state index is 13.6. The highest BCUT2D eigenvalue weighted by atomic mass is 16.7. The van der Waals surface area contributed by atoms with Gasteiger partial charge in [-0.1, -0.05) is 48.5 Å². The molecule has 4 aromatic rings. The monoisotopic (exact) mass is 396 g/mol. The van der Waals surface area contributed by atoms with E-state index >= 15 is 0 Å². The molecule has 0 bridgehead atoms. The lowest BCUT2D eigenvalue weighted by Crippen LogP contribution is -2.40. The molecular formula is C25H20N2O3. The van der Waals surface area contributed by atoms with Gasteiger partial charge in [-0.2, -0.15) is 0 Å². The highest BCUT2D eigenvalue weighted by Gasteiger charge is 2.35. The number of H-pyrrole nitrogens is 1. The molecule has 3 aromatic carbocycles. The van der Waals surface area contributed by atoms with Crippen LogP contribution in [0.5, 0.6) is 11.5 Å². The normalized spacial score (nSPS) is 17.2. The number of fused-ring (bicyclic) bond motifs is 4. The average Bonchev–Trinajstić information content (AvgIpc) is 3.42. The first-order valence-electron chi connectivity index (χ1n) is 10.1. The van der Waals surface area contributed by atoms with Crippen LogP contribution < -0.4 is 9.47 Å². The number of carbonyl (C=O) groups is 1. The Hall–Kier alpha value is -3.73. The Bertz CT molecular complexity index is 1260. The van der Waals surface area contributed by atoms with E-state index in [1.807, 2.05) is 41.3 Å². The Balaban J connectivity index is 1.47. The summed E-state index contributed by atoms with van der Waals surface area (Å²) >= 11 is 0. The lowest BCUT2D eigenvalue weighted by molar-refractivity contribution is 0.0691. The first-order chi connectivity index (χ1) is 14.8. The van der Waals surface area contributed by atoms with Crippen molar-refractivity contribution in [2.24, 2.45) is 0 Å². The highest BCUT2D eigenvalue weighted by molar-refractivity contribution is 5.96. The van der Waals surface area contributed by atoms with Crippen molar-refractivity contribution < 1.29 is 14.3 Å². The fourth-order valence-corrected chi connectivity index (χ4v) is 4.64. The van der Waals surface area contributed by atoms with Gasteiger partial charge in [-0.15, -0.1) is 0 Å². The Labute approximate surface area is 173 Å². The number of ether oxygens (including phenoxy) is 2. The van der Waals surface area contributed by atoms with E-state index in [1.165, 1.54) is 10.9 Å². The van der Waals surface area contributed by atoms with Crippen molar-refractivity contribution in [3.05, 3.63) is 95.2 Å². The number of aromatic amines is 1. The second-order valence-electron chi connectivity index (χ2n) is 7.69. The Morgan fingerprint density at radius 3 is 2.63 bits per heavy atom. The van der Waals surface area contributed by atoms with Gasteiger partial charge in [0.1, 0.15) is 0 Å². The second-order valence-corrected chi connectivity index (χ2v) is 7.69. The molecular weight excluding hydrogens is 376 g/mol. The summed E-state index contributed by atoms with van der Waals surface area (Å²) < 4.78 is 10.9. The van der Waals surface area contributed by atoms with E-state index in [1.54, 1.807) is 6.07 Å². The van der Waals surface area contributed by atoms with E-state index < -0.39 is 0 Å². The number of benzene rings is 3. The van der Waals surface area contributed by atoms with Crippen LogP contribution in [-0.2, 0) is 6.42 Å². The number of hydrogen-bond acceptors (Lipinski definition) is 3. The number of aromatic nitrogens is 1. The largest absolute Gasteiger partial charge is 0.454 e. The lowest BCUT2D eigenvalue weighted by atomic mass is 9.91. The van der Waals surface area contributed by atoms with Gasteiger partial charge >= 0.3 is 0 Å². The molecule has 2 aliphatic heterocycles. The minimum atomic E-state index is -0.166. The summed E-state index contributed by atoms with van der Waals surface area (Å²) in [6.07, 6.45) is 0.818. The van der Waals surface area contributed by atoms with Crippen molar-refractivity contribution in [1.82, 2.24) is 9.88 Å². The van der Waals surface area contributed by atoms with Crippen molar-refractivity contribution in [2.75, 3.05) is 13.3 Å². The summed E-state index contributed by atoms with van der Waals surface area (Å²) in [4.78, 5) is 19.2. The fraction of sp³-hybridized carbons (Fsp3) is 0.160. The molecule has 0 saturated carbocycles. The molecule has 0 fully saturated rings. The molecule has 0 spiro atoms. The second kappa shape index (κ2) is 6.66. The van der Waals surface area contributed by atoms with Crippen LogP contribution in [0.4, 0.5) is 0 Å². The Morgan fingerprint density at radius 1 is 0.933 bits per heavy atom. The first kappa shape index (κ1) is 17.2. The molecule has 0 saturated heterocycles. The van der Waals surface area contributed by atoms with E-state index in [0.29, 0.717) is 23.6 Å². The summed E-state index contributed by atoms with van der Waals surface area (Å²) in [6.45, 7) is 0.851. The smallest absolute Gasteiger partial charge is 0.254 e. The van der Waals surface area contributed by atoms with Crippen LogP contribution in [0.3, 0.4) is 0 Å². The Kier molecular flexibility index (Phi) is 3.81. The van der Waals surface area contributed by atoms with E-state index in [2.05, 4.69) is 35.3 Å². The molecule has 30 heavy (non-hydrogen) atoms. The van der Waals surface area contributed by atoms with E-state index in [4.69, 9.17) is 9.47 Å². The molecule has 2 aliphatic rings.